The molecule has 12 rings (SSSR count). The number of aryl methyl sites for hydroxylation is 4. The van der Waals surface area contributed by atoms with Crippen LogP contribution >= 0.6 is 0 Å². The molecule has 8 aromatic heterocycles. The molecule has 8 nitrogen and oxygen atoms in total. The summed E-state index contributed by atoms with van der Waals surface area (Å²) in [4.78, 5) is 35.3. The van der Waals surface area contributed by atoms with Crippen LogP contribution in [-0.4, -0.2) is 39.9 Å². The minimum atomic E-state index is 0.981. The molecular formula is C60H64N8. The second kappa shape index (κ2) is 25.7. The van der Waals surface area contributed by atoms with E-state index < -0.39 is 0 Å². The molecule has 0 atom stereocenters. The topological polar surface area (TPSA) is 103 Å². The molecular weight excluding hydrogens is 833 g/mol. The number of pyridine rings is 8. The van der Waals surface area contributed by atoms with Crippen LogP contribution < -0.4 is 0 Å². The molecule has 8 heteroatoms. The minimum Gasteiger partial charge on any atom is -0.254 e. The summed E-state index contributed by atoms with van der Waals surface area (Å²) in [7, 11) is 0. The lowest BCUT2D eigenvalue weighted by Gasteiger charge is -2.04. The number of aromatic nitrogens is 8. The lowest BCUT2D eigenvalue weighted by atomic mass is 10.1. The van der Waals surface area contributed by atoms with Crippen LogP contribution in [0.15, 0.2) is 171 Å². The zero-order chi connectivity index (χ0) is 49.0. The van der Waals surface area contributed by atoms with Crippen molar-refractivity contribution >= 4 is 87.2 Å². The highest BCUT2D eigenvalue weighted by Gasteiger charge is 2.06. The first kappa shape index (κ1) is 51.1. The number of benzene rings is 4. The van der Waals surface area contributed by atoms with E-state index in [4.69, 9.17) is 0 Å². The molecule has 0 amide bonds. The van der Waals surface area contributed by atoms with Crippen molar-refractivity contribution < 1.29 is 0 Å². The number of rotatable bonds is 0. The smallest absolute Gasteiger partial charge is 0.0967 e. The molecule has 0 aliphatic carbocycles. The molecule has 8 heterocycles. The molecule has 0 N–H and O–H groups in total. The van der Waals surface area contributed by atoms with Crippen molar-refractivity contribution in [1.29, 1.82) is 0 Å². The van der Waals surface area contributed by atoms with Gasteiger partial charge in [-0.25, -0.2) is 0 Å². The number of hydrogen-bond donors (Lipinski definition) is 0. The van der Waals surface area contributed by atoms with E-state index in [1.54, 1.807) is 0 Å². The van der Waals surface area contributed by atoms with Gasteiger partial charge in [-0.2, -0.15) is 0 Å². The molecule has 12 aromatic rings. The van der Waals surface area contributed by atoms with Gasteiger partial charge in [0.25, 0.3) is 0 Å². The Morgan fingerprint density at radius 2 is 0.647 bits per heavy atom. The molecule has 68 heavy (non-hydrogen) atoms. The van der Waals surface area contributed by atoms with Crippen molar-refractivity contribution in [3.8, 4) is 0 Å². The summed E-state index contributed by atoms with van der Waals surface area (Å²) >= 11 is 0. The summed E-state index contributed by atoms with van der Waals surface area (Å²) in [5, 5.41) is 9.24. The van der Waals surface area contributed by atoms with Crippen LogP contribution in [0.4, 0.5) is 0 Å². The molecule has 344 valence electrons. The van der Waals surface area contributed by atoms with Crippen LogP contribution in [0.1, 0.15) is 77.8 Å². The highest BCUT2D eigenvalue weighted by molar-refractivity contribution is 6.06. The number of hydrogen-bond acceptors (Lipinski definition) is 8. The summed E-state index contributed by atoms with van der Waals surface area (Å²) < 4.78 is 0. The average molecular weight is 897 g/mol. The first-order chi connectivity index (χ1) is 33.4. The van der Waals surface area contributed by atoms with E-state index in [2.05, 4.69) is 146 Å². The summed E-state index contributed by atoms with van der Waals surface area (Å²) in [6.07, 6.45) is 12.8. The first-order valence-corrected chi connectivity index (χ1v) is 23.8. The van der Waals surface area contributed by atoms with Gasteiger partial charge in [0.05, 0.1) is 44.1 Å². The Balaban J connectivity index is 0.000000161. The summed E-state index contributed by atoms with van der Waals surface area (Å²) in [5.41, 5.74) is 12.6. The molecule has 0 fully saturated rings. The summed E-state index contributed by atoms with van der Waals surface area (Å²) in [5.74, 6) is 0. The van der Waals surface area contributed by atoms with Gasteiger partial charge in [-0.3, -0.25) is 39.9 Å². The largest absolute Gasteiger partial charge is 0.254 e. The Kier molecular flexibility index (Phi) is 19.4. The predicted octanol–water partition coefficient (Wildman–Crippen LogP) is 16.5. The van der Waals surface area contributed by atoms with Crippen LogP contribution in [0.3, 0.4) is 0 Å². The fourth-order valence-electron chi connectivity index (χ4n) is 7.51. The third-order valence-electron chi connectivity index (χ3n) is 10.5. The second-order valence-corrected chi connectivity index (χ2v) is 14.7. The van der Waals surface area contributed by atoms with E-state index in [0.717, 1.165) is 82.1 Å². The van der Waals surface area contributed by atoms with Crippen molar-refractivity contribution in [2.75, 3.05) is 0 Å². The molecule has 0 bridgehead atoms. The van der Waals surface area contributed by atoms with E-state index in [1.807, 2.05) is 148 Å². The minimum absolute atomic E-state index is 0.981. The monoisotopic (exact) mass is 897 g/mol. The maximum absolute atomic E-state index is 4.54. The van der Waals surface area contributed by atoms with Crippen LogP contribution in [0.25, 0.3) is 87.2 Å². The van der Waals surface area contributed by atoms with Gasteiger partial charge < -0.3 is 0 Å². The van der Waals surface area contributed by atoms with Crippen molar-refractivity contribution in [1.82, 2.24) is 39.9 Å². The van der Waals surface area contributed by atoms with E-state index >= 15 is 0 Å². The molecule has 0 spiro atoms. The SMILES string of the molecule is CC.CC.CC.CC.Cc1cc2cccnc2c2ncccc12.Cc1ccc2ccc3cccnc3c2n1.Cc1ccnc2c1ccc1cccnc12.Cc1cnc2c(ccc3cccnc32)c1. The first-order valence-electron chi connectivity index (χ1n) is 23.8. The zero-order valence-electron chi connectivity index (χ0n) is 41.7. The molecule has 0 aliphatic heterocycles. The molecule has 4 aromatic carbocycles. The fraction of sp³-hybridized carbons (Fsp3) is 0.200. The van der Waals surface area contributed by atoms with Gasteiger partial charge in [-0.1, -0.05) is 128 Å². The fourth-order valence-corrected chi connectivity index (χ4v) is 7.51. The van der Waals surface area contributed by atoms with Gasteiger partial charge >= 0.3 is 0 Å². The molecule has 0 saturated carbocycles. The van der Waals surface area contributed by atoms with Crippen LogP contribution in [-0.2, 0) is 0 Å². The second-order valence-electron chi connectivity index (χ2n) is 14.7. The van der Waals surface area contributed by atoms with Gasteiger partial charge in [0.1, 0.15) is 0 Å². The maximum atomic E-state index is 4.54. The van der Waals surface area contributed by atoms with Crippen molar-refractivity contribution in [2.45, 2.75) is 83.1 Å². The van der Waals surface area contributed by atoms with Crippen molar-refractivity contribution in [2.24, 2.45) is 0 Å². The van der Waals surface area contributed by atoms with Gasteiger partial charge in [-0.05, 0) is 99.0 Å². The zero-order valence-corrected chi connectivity index (χ0v) is 41.7. The lowest BCUT2D eigenvalue weighted by Crippen LogP contribution is -1.86. The van der Waals surface area contributed by atoms with E-state index in [-0.39, 0.29) is 0 Å². The Labute approximate surface area is 401 Å². The Bertz CT molecular complexity index is 3440. The summed E-state index contributed by atoms with van der Waals surface area (Å²) in [6.45, 7) is 24.3. The quantitative estimate of drug-likeness (QED) is 0.139. The van der Waals surface area contributed by atoms with E-state index in [9.17, 15) is 0 Å². The Hall–Kier alpha value is -7.84. The van der Waals surface area contributed by atoms with E-state index in [1.165, 1.54) is 27.5 Å². The van der Waals surface area contributed by atoms with Crippen molar-refractivity contribution in [3.63, 3.8) is 0 Å². The highest BCUT2D eigenvalue weighted by Crippen LogP contribution is 2.26. The number of nitrogens with zero attached hydrogens (tertiary/aromatic N) is 8. The highest BCUT2D eigenvalue weighted by atomic mass is 14.8. The Morgan fingerprint density at radius 1 is 0.279 bits per heavy atom. The standard InChI is InChI=1S/4C13H10N2.4C2H6/c1-9-8-10-4-2-6-14-12(10)13-11(9)5-3-7-15-13;1-9-4-5-11-7-6-10-3-2-8-14-12(10)13(11)15-9;1-9-6-8-15-13-11(9)5-4-10-3-2-7-14-12(10)13;1-9-7-11-5-4-10-3-2-6-14-12(10)13(11)15-8-9;4*1-2/h4*2-8H,1H3;4*1-2H3. The molecule has 0 radical (unpaired) electrons. The average Bonchev–Trinajstić information content (AvgIpc) is 3.41. The normalized spacial score (nSPS) is 10.1. The van der Waals surface area contributed by atoms with Crippen LogP contribution in [0.2, 0.25) is 0 Å². The van der Waals surface area contributed by atoms with Gasteiger partial charge in [0.15, 0.2) is 0 Å². The van der Waals surface area contributed by atoms with Gasteiger partial charge in [0.2, 0.25) is 0 Å². The Morgan fingerprint density at radius 3 is 1.22 bits per heavy atom. The summed E-state index contributed by atoms with van der Waals surface area (Å²) in [6, 6.07) is 43.1. The van der Waals surface area contributed by atoms with Crippen LogP contribution in [0.5, 0.6) is 0 Å². The molecule has 0 unspecified atom stereocenters. The lowest BCUT2D eigenvalue weighted by molar-refractivity contribution is 1.25. The molecule has 0 saturated heterocycles. The van der Waals surface area contributed by atoms with Crippen molar-refractivity contribution in [3.05, 3.63) is 193 Å². The third-order valence-corrected chi connectivity index (χ3v) is 10.5. The molecule has 0 aliphatic rings. The van der Waals surface area contributed by atoms with Gasteiger partial charge in [-0.15, -0.1) is 0 Å². The number of fused-ring (bicyclic) bond motifs is 12. The third kappa shape index (κ3) is 11.9. The predicted molar refractivity (Wildman–Crippen MR) is 293 cm³/mol. The maximum Gasteiger partial charge on any atom is 0.0967 e. The van der Waals surface area contributed by atoms with Crippen LogP contribution in [0, 0.1) is 27.7 Å². The van der Waals surface area contributed by atoms with Gasteiger partial charge in [0, 0.05) is 92.2 Å². The van der Waals surface area contributed by atoms with E-state index in [0.29, 0.717) is 0 Å².